The standard InChI is InChI=1S/C11H17N3O2S2/c1-8-10(18-14-13-8)11(15)12-4-7-17-9-2-5-16-6-3-9/h9H,2-7H2,1H3,(H,12,15). The Morgan fingerprint density at radius 1 is 1.56 bits per heavy atom. The molecule has 0 unspecified atom stereocenters. The molecule has 0 saturated carbocycles. The fourth-order valence-corrected chi connectivity index (χ4v) is 3.40. The van der Waals surface area contributed by atoms with Crippen LogP contribution in [0, 0.1) is 6.92 Å². The lowest BCUT2D eigenvalue weighted by Crippen LogP contribution is -2.27. The van der Waals surface area contributed by atoms with Crippen molar-refractivity contribution in [3.63, 3.8) is 0 Å². The Balaban J connectivity index is 1.63. The average molecular weight is 287 g/mol. The first-order chi connectivity index (χ1) is 8.77. The highest BCUT2D eigenvalue weighted by molar-refractivity contribution is 7.99. The van der Waals surface area contributed by atoms with E-state index in [1.807, 2.05) is 11.8 Å². The highest BCUT2D eigenvalue weighted by Crippen LogP contribution is 2.21. The van der Waals surface area contributed by atoms with Crippen molar-refractivity contribution < 1.29 is 9.53 Å². The third-order valence-corrected chi connectivity index (χ3v) is 4.98. The van der Waals surface area contributed by atoms with Crippen LogP contribution in [0.15, 0.2) is 0 Å². The number of carbonyl (C=O) groups excluding carboxylic acids is 1. The number of aryl methyl sites for hydroxylation is 1. The minimum atomic E-state index is -0.0601. The maximum Gasteiger partial charge on any atom is 0.264 e. The number of hydrogen-bond acceptors (Lipinski definition) is 6. The molecular weight excluding hydrogens is 270 g/mol. The van der Waals surface area contributed by atoms with E-state index in [1.165, 1.54) is 0 Å². The van der Waals surface area contributed by atoms with Crippen LogP contribution in [0.5, 0.6) is 0 Å². The monoisotopic (exact) mass is 287 g/mol. The van der Waals surface area contributed by atoms with Crippen LogP contribution in [-0.2, 0) is 4.74 Å². The Kier molecular flexibility index (Phi) is 5.40. The Bertz CT molecular complexity index is 391. The second-order valence-electron chi connectivity index (χ2n) is 4.13. The molecule has 2 rings (SSSR count). The largest absolute Gasteiger partial charge is 0.381 e. The maximum absolute atomic E-state index is 11.8. The van der Waals surface area contributed by atoms with Gasteiger partial charge < -0.3 is 10.1 Å². The van der Waals surface area contributed by atoms with Gasteiger partial charge in [0.25, 0.3) is 5.91 Å². The van der Waals surface area contributed by atoms with Gasteiger partial charge in [0.2, 0.25) is 0 Å². The molecule has 100 valence electrons. The van der Waals surface area contributed by atoms with E-state index in [0.717, 1.165) is 43.3 Å². The van der Waals surface area contributed by atoms with Crippen LogP contribution in [0.4, 0.5) is 0 Å². The van der Waals surface area contributed by atoms with E-state index >= 15 is 0 Å². The number of amides is 1. The van der Waals surface area contributed by atoms with E-state index in [4.69, 9.17) is 4.74 Å². The van der Waals surface area contributed by atoms with E-state index in [-0.39, 0.29) is 5.91 Å². The molecule has 1 amide bonds. The molecule has 1 aromatic heterocycles. The van der Waals surface area contributed by atoms with E-state index in [1.54, 1.807) is 6.92 Å². The number of rotatable bonds is 5. The Morgan fingerprint density at radius 3 is 3.00 bits per heavy atom. The third-order valence-electron chi connectivity index (χ3n) is 2.77. The number of thioether (sulfide) groups is 1. The molecule has 0 spiro atoms. The lowest BCUT2D eigenvalue weighted by Gasteiger charge is -2.21. The fraction of sp³-hybridized carbons (Fsp3) is 0.727. The summed E-state index contributed by atoms with van der Waals surface area (Å²) in [6.45, 7) is 4.24. The summed E-state index contributed by atoms with van der Waals surface area (Å²) in [7, 11) is 0. The molecular formula is C11H17N3O2S2. The van der Waals surface area contributed by atoms with Crippen LogP contribution in [0.3, 0.4) is 0 Å². The highest BCUT2D eigenvalue weighted by atomic mass is 32.2. The van der Waals surface area contributed by atoms with Gasteiger partial charge in [0.05, 0.1) is 5.69 Å². The van der Waals surface area contributed by atoms with Gasteiger partial charge in [-0.05, 0) is 31.3 Å². The van der Waals surface area contributed by atoms with Crippen molar-refractivity contribution in [3.8, 4) is 0 Å². The predicted molar refractivity (Wildman–Crippen MR) is 73.3 cm³/mol. The van der Waals surface area contributed by atoms with Crippen molar-refractivity contribution >= 4 is 29.2 Å². The first kappa shape index (κ1) is 13.8. The molecule has 0 atom stereocenters. The molecule has 7 heteroatoms. The maximum atomic E-state index is 11.8. The summed E-state index contributed by atoms with van der Waals surface area (Å²) in [4.78, 5) is 12.4. The van der Waals surface area contributed by atoms with Crippen LogP contribution in [0.2, 0.25) is 0 Å². The number of nitrogens with one attached hydrogen (secondary N) is 1. The molecule has 0 bridgehead atoms. The van der Waals surface area contributed by atoms with Crippen molar-refractivity contribution in [2.45, 2.75) is 25.0 Å². The van der Waals surface area contributed by atoms with E-state index in [2.05, 4.69) is 14.9 Å². The second-order valence-corrected chi connectivity index (χ2v) is 6.29. The first-order valence-corrected chi connectivity index (χ1v) is 7.86. The summed E-state index contributed by atoms with van der Waals surface area (Å²) < 4.78 is 9.07. The molecule has 2 heterocycles. The van der Waals surface area contributed by atoms with Crippen molar-refractivity contribution in [2.75, 3.05) is 25.5 Å². The number of ether oxygens (including phenoxy) is 1. The Hall–Kier alpha value is -0.660. The zero-order chi connectivity index (χ0) is 12.8. The van der Waals surface area contributed by atoms with Gasteiger partial charge in [-0.2, -0.15) is 11.8 Å². The molecule has 1 aliphatic heterocycles. The lowest BCUT2D eigenvalue weighted by molar-refractivity contribution is 0.0958. The van der Waals surface area contributed by atoms with Gasteiger partial charge in [0.15, 0.2) is 0 Å². The van der Waals surface area contributed by atoms with E-state index in [0.29, 0.717) is 22.4 Å². The minimum absolute atomic E-state index is 0.0601. The molecule has 1 N–H and O–H groups in total. The van der Waals surface area contributed by atoms with E-state index in [9.17, 15) is 4.79 Å². The van der Waals surface area contributed by atoms with Gasteiger partial charge in [0, 0.05) is 30.8 Å². The number of hydrogen-bond donors (Lipinski definition) is 1. The molecule has 1 saturated heterocycles. The van der Waals surface area contributed by atoms with Crippen molar-refractivity contribution in [3.05, 3.63) is 10.6 Å². The zero-order valence-corrected chi connectivity index (χ0v) is 12.0. The Labute approximate surface area is 115 Å². The second kappa shape index (κ2) is 7.06. The first-order valence-electron chi connectivity index (χ1n) is 6.04. The summed E-state index contributed by atoms with van der Waals surface area (Å²) in [5.74, 6) is 0.886. The van der Waals surface area contributed by atoms with Crippen LogP contribution in [0.25, 0.3) is 0 Å². The molecule has 18 heavy (non-hydrogen) atoms. The summed E-state index contributed by atoms with van der Waals surface area (Å²) in [5, 5.41) is 7.42. The topological polar surface area (TPSA) is 64.1 Å². The smallest absolute Gasteiger partial charge is 0.264 e. The number of aromatic nitrogens is 2. The normalized spacial score (nSPS) is 16.7. The highest BCUT2D eigenvalue weighted by Gasteiger charge is 2.15. The van der Waals surface area contributed by atoms with Crippen molar-refractivity contribution in [1.82, 2.24) is 14.9 Å². The third kappa shape index (κ3) is 3.93. The molecule has 1 aliphatic rings. The van der Waals surface area contributed by atoms with Gasteiger partial charge in [-0.3, -0.25) is 4.79 Å². The van der Waals surface area contributed by atoms with E-state index < -0.39 is 0 Å². The van der Waals surface area contributed by atoms with Crippen LogP contribution in [-0.4, -0.2) is 46.3 Å². The van der Waals surface area contributed by atoms with Crippen LogP contribution >= 0.6 is 23.3 Å². The molecule has 5 nitrogen and oxygen atoms in total. The number of carbonyl (C=O) groups is 1. The van der Waals surface area contributed by atoms with Gasteiger partial charge in [-0.15, -0.1) is 5.10 Å². The predicted octanol–water partition coefficient (Wildman–Crippen LogP) is 1.49. The van der Waals surface area contributed by atoms with Crippen LogP contribution in [0.1, 0.15) is 28.2 Å². The number of nitrogens with zero attached hydrogens (tertiary/aromatic N) is 2. The van der Waals surface area contributed by atoms with Crippen molar-refractivity contribution in [1.29, 1.82) is 0 Å². The van der Waals surface area contributed by atoms with Gasteiger partial charge >= 0.3 is 0 Å². The fourth-order valence-electron chi connectivity index (χ4n) is 1.75. The van der Waals surface area contributed by atoms with Gasteiger partial charge in [-0.25, -0.2) is 0 Å². The molecule has 0 aliphatic carbocycles. The van der Waals surface area contributed by atoms with Gasteiger partial charge in [-0.1, -0.05) is 4.49 Å². The molecule has 1 fully saturated rings. The van der Waals surface area contributed by atoms with Crippen LogP contribution < -0.4 is 5.32 Å². The summed E-state index contributed by atoms with van der Waals surface area (Å²) >= 11 is 3.07. The SMILES string of the molecule is Cc1nnsc1C(=O)NCCSC1CCOCC1. The molecule has 0 aromatic carbocycles. The molecule has 0 radical (unpaired) electrons. The zero-order valence-electron chi connectivity index (χ0n) is 10.3. The quantitative estimate of drug-likeness (QED) is 0.831. The summed E-state index contributed by atoms with van der Waals surface area (Å²) in [6, 6.07) is 0. The summed E-state index contributed by atoms with van der Waals surface area (Å²) in [5.41, 5.74) is 0.703. The van der Waals surface area contributed by atoms with Gasteiger partial charge in [0.1, 0.15) is 4.88 Å². The Morgan fingerprint density at radius 2 is 2.33 bits per heavy atom. The molecule has 1 aromatic rings. The minimum Gasteiger partial charge on any atom is -0.381 e. The lowest BCUT2D eigenvalue weighted by atomic mass is 10.2. The average Bonchev–Trinajstić information content (AvgIpc) is 2.82. The summed E-state index contributed by atoms with van der Waals surface area (Å²) in [6.07, 6.45) is 2.24. The van der Waals surface area contributed by atoms with Crippen molar-refractivity contribution in [2.24, 2.45) is 0 Å².